The molecule has 0 radical (unpaired) electrons. The topological polar surface area (TPSA) is 56.1 Å². The van der Waals surface area contributed by atoms with Crippen LogP contribution in [0.1, 0.15) is 29.5 Å². The fourth-order valence-corrected chi connectivity index (χ4v) is 2.67. The van der Waals surface area contributed by atoms with E-state index >= 15 is 0 Å². The summed E-state index contributed by atoms with van der Waals surface area (Å²) >= 11 is 0. The fraction of sp³-hybridized carbons (Fsp3) is 0.263. The number of halogens is 1. The number of carbonyl (C=O) groups excluding carboxylic acids is 1. The van der Waals surface area contributed by atoms with Gasteiger partial charge < -0.3 is 10.2 Å². The molecule has 1 saturated carbocycles. The molecule has 1 fully saturated rings. The van der Waals surface area contributed by atoms with E-state index in [0.717, 1.165) is 30.0 Å². The highest BCUT2D eigenvalue weighted by Gasteiger charge is 2.32. The lowest BCUT2D eigenvalue weighted by Gasteiger charge is -2.23. The second kappa shape index (κ2) is 6.71. The summed E-state index contributed by atoms with van der Waals surface area (Å²) < 4.78 is 13.2. The van der Waals surface area contributed by atoms with Gasteiger partial charge in [-0.2, -0.15) is 5.26 Å². The molecule has 1 N–H and O–H groups in total. The van der Waals surface area contributed by atoms with Crippen molar-refractivity contribution in [1.29, 1.82) is 5.26 Å². The zero-order valence-electron chi connectivity index (χ0n) is 13.4. The summed E-state index contributed by atoms with van der Waals surface area (Å²) in [6.07, 6.45) is 1.96. The van der Waals surface area contributed by atoms with Crippen molar-refractivity contribution in [3.63, 3.8) is 0 Å². The highest BCUT2D eigenvalue weighted by Crippen LogP contribution is 2.29. The Morgan fingerprint density at radius 1 is 1.33 bits per heavy atom. The van der Waals surface area contributed by atoms with Gasteiger partial charge in [0.1, 0.15) is 11.9 Å². The highest BCUT2D eigenvalue weighted by atomic mass is 19.1. The van der Waals surface area contributed by atoms with E-state index in [2.05, 4.69) is 11.4 Å². The van der Waals surface area contributed by atoms with Gasteiger partial charge in [-0.3, -0.25) is 0 Å². The molecule has 4 nitrogen and oxygen atoms in total. The number of urea groups is 1. The van der Waals surface area contributed by atoms with Crippen LogP contribution in [0.25, 0.3) is 0 Å². The first-order valence-electron chi connectivity index (χ1n) is 7.89. The van der Waals surface area contributed by atoms with Crippen LogP contribution in [0.2, 0.25) is 0 Å². The van der Waals surface area contributed by atoms with E-state index in [0.29, 0.717) is 12.2 Å². The molecule has 0 heterocycles. The number of carbonyl (C=O) groups is 1. The van der Waals surface area contributed by atoms with E-state index in [1.807, 2.05) is 31.2 Å². The second-order valence-electron chi connectivity index (χ2n) is 6.08. The molecule has 0 atom stereocenters. The third kappa shape index (κ3) is 3.72. The lowest BCUT2D eigenvalue weighted by Crippen LogP contribution is -2.36. The van der Waals surface area contributed by atoms with Crippen LogP contribution in [-0.4, -0.2) is 17.0 Å². The number of nitrogens with one attached hydrogen (secondary N) is 1. The van der Waals surface area contributed by atoms with Gasteiger partial charge in [-0.05, 0) is 43.5 Å². The summed E-state index contributed by atoms with van der Waals surface area (Å²) in [5.74, 6) is -0.497. The molecule has 0 aliphatic heterocycles. The van der Waals surface area contributed by atoms with Gasteiger partial charge in [0.05, 0.1) is 11.3 Å². The molecule has 2 aromatic carbocycles. The van der Waals surface area contributed by atoms with Gasteiger partial charge in [-0.1, -0.05) is 29.8 Å². The summed E-state index contributed by atoms with van der Waals surface area (Å²) in [6.45, 7) is 2.53. The number of aryl methyl sites for hydroxylation is 1. The number of benzene rings is 2. The van der Waals surface area contributed by atoms with E-state index in [4.69, 9.17) is 5.26 Å². The van der Waals surface area contributed by atoms with Crippen LogP contribution in [0, 0.1) is 24.1 Å². The van der Waals surface area contributed by atoms with Crippen molar-refractivity contribution in [1.82, 2.24) is 4.90 Å². The summed E-state index contributed by atoms with van der Waals surface area (Å²) in [4.78, 5) is 14.4. The summed E-state index contributed by atoms with van der Waals surface area (Å²) in [5.41, 5.74) is 2.67. The van der Waals surface area contributed by atoms with Gasteiger partial charge in [0.2, 0.25) is 0 Å². The molecular formula is C19H18FN3O. The van der Waals surface area contributed by atoms with Gasteiger partial charge in [0.25, 0.3) is 0 Å². The molecule has 2 amide bonds. The number of anilines is 1. The minimum absolute atomic E-state index is 0.120. The average molecular weight is 323 g/mol. The Morgan fingerprint density at radius 3 is 2.79 bits per heavy atom. The van der Waals surface area contributed by atoms with E-state index in [-0.39, 0.29) is 17.6 Å². The van der Waals surface area contributed by atoms with Crippen molar-refractivity contribution < 1.29 is 9.18 Å². The third-order valence-corrected chi connectivity index (χ3v) is 4.03. The Kier molecular flexibility index (Phi) is 4.48. The summed E-state index contributed by atoms with van der Waals surface area (Å²) in [6, 6.07) is 13.7. The molecule has 0 spiro atoms. The number of hydrogen-bond donors (Lipinski definition) is 1. The molecule has 0 bridgehead atoms. The molecule has 5 heteroatoms. The van der Waals surface area contributed by atoms with Crippen molar-refractivity contribution in [2.75, 3.05) is 5.32 Å². The minimum Gasteiger partial charge on any atom is -0.317 e. The van der Waals surface area contributed by atoms with Crippen molar-refractivity contribution in [3.8, 4) is 6.07 Å². The average Bonchev–Trinajstić information content (AvgIpc) is 3.39. The predicted octanol–water partition coefficient (Wildman–Crippen LogP) is 4.20. The normalized spacial score (nSPS) is 13.2. The first-order valence-corrected chi connectivity index (χ1v) is 7.89. The number of rotatable bonds is 4. The standard InChI is InChI=1S/C19H18FN3O/c1-13-3-2-4-14(9-13)12-23(17-6-7-17)19(24)22-18-8-5-16(20)10-15(18)11-21/h2-5,8-10,17H,6-7,12H2,1H3,(H,22,24). The van der Waals surface area contributed by atoms with Crippen LogP contribution in [-0.2, 0) is 6.54 Å². The van der Waals surface area contributed by atoms with Gasteiger partial charge in [0.15, 0.2) is 0 Å². The van der Waals surface area contributed by atoms with Crippen molar-refractivity contribution in [3.05, 3.63) is 65.0 Å². The van der Waals surface area contributed by atoms with E-state index in [9.17, 15) is 9.18 Å². The lowest BCUT2D eigenvalue weighted by atomic mass is 10.1. The van der Waals surface area contributed by atoms with E-state index < -0.39 is 5.82 Å². The quantitative estimate of drug-likeness (QED) is 0.916. The van der Waals surface area contributed by atoms with Gasteiger partial charge >= 0.3 is 6.03 Å². The van der Waals surface area contributed by atoms with Gasteiger partial charge in [-0.15, -0.1) is 0 Å². The number of nitriles is 1. The van der Waals surface area contributed by atoms with Crippen molar-refractivity contribution >= 4 is 11.7 Å². The van der Waals surface area contributed by atoms with Crippen LogP contribution in [0.4, 0.5) is 14.9 Å². The second-order valence-corrected chi connectivity index (χ2v) is 6.08. The maximum Gasteiger partial charge on any atom is 0.322 e. The number of nitrogens with zero attached hydrogens (tertiary/aromatic N) is 2. The van der Waals surface area contributed by atoms with Crippen LogP contribution in [0.5, 0.6) is 0 Å². The molecule has 0 unspecified atom stereocenters. The van der Waals surface area contributed by atoms with Crippen molar-refractivity contribution in [2.45, 2.75) is 32.4 Å². The zero-order chi connectivity index (χ0) is 17.1. The Labute approximate surface area is 140 Å². The zero-order valence-corrected chi connectivity index (χ0v) is 13.4. The molecular weight excluding hydrogens is 305 g/mol. The molecule has 0 aromatic heterocycles. The SMILES string of the molecule is Cc1cccc(CN(C(=O)Nc2ccc(F)cc2C#N)C2CC2)c1. The van der Waals surface area contributed by atoms with Crippen LogP contribution < -0.4 is 5.32 Å². The Morgan fingerprint density at radius 2 is 2.12 bits per heavy atom. The molecule has 2 aromatic rings. The largest absolute Gasteiger partial charge is 0.322 e. The lowest BCUT2D eigenvalue weighted by molar-refractivity contribution is 0.206. The number of amides is 2. The van der Waals surface area contributed by atoms with E-state index in [1.54, 1.807) is 4.90 Å². The maximum absolute atomic E-state index is 13.2. The first kappa shape index (κ1) is 16.0. The fourth-order valence-electron chi connectivity index (χ4n) is 2.67. The van der Waals surface area contributed by atoms with Crippen LogP contribution >= 0.6 is 0 Å². The third-order valence-electron chi connectivity index (χ3n) is 4.03. The molecule has 24 heavy (non-hydrogen) atoms. The summed E-state index contributed by atoms with van der Waals surface area (Å²) in [7, 11) is 0. The summed E-state index contributed by atoms with van der Waals surface area (Å²) in [5, 5.41) is 11.8. The Bertz CT molecular complexity index is 808. The smallest absolute Gasteiger partial charge is 0.317 e. The highest BCUT2D eigenvalue weighted by molar-refractivity contribution is 5.91. The predicted molar refractivity (Wildman–Crippen MR) is 89.9 cm³/mol. The van der Waals surface area contributed by atoms with Crippen LogP contribution in [0.15, 0.2) is 42.5 Å². The molecule has 0 saturated heterocycles. The van der Waals surface area contributed by atoms with Gasteiger partial charge in [0, 0.05) is 12.6 Å². The monoisotopic (exact) mass is 323 g/mol. The van der Waals surface area contributed by atoms with Crippen molar-refractivity contribution in [2.24, 2.45) is 0 Å². The Hall–Kier alpha value is -2.87. The molecule has 122 valence electrons. The van der Waals surface area contributed by atoms with Crippen LogP contribution in [0.3, 0.4) is 0 Å². The molecule has 1 aliphatic rings. The first-order chi connectivity index (χ1) is 11.6. The maximum atomic E-state index is 13.2. The Balaban J connectivity index is 1.77. The van der Waals surface area contributed by atoms with E-state index in [1.165, 1.54) is 12.1 Å². The van der Waals surface area contributed by atoms with Gasteiger partial charge in [-0.25, -0.2) is 9.18 Å². The molecule has 1 aliphatic carbocycles. The minimum atomic E-state index is -0.497. The number of hydrogen-bond acceptors (Lipinski definition) is 2. The molecule has 3 rings (SSSR count).